The zero-order valence-corrected chi connectivity index (χ0v) is 15.5. The molecule has 2 heterocycles. The Bertz CT molecular complexity index is 1020. The van der Waals surface area contributed by atoms with Gasteiger partial charge in [0.05, 0.1) is 16.1 Å². The molecule has 1 fully saturated rings. The van der Waals surface area contributed by atoms with Crippen molar-refractivity contribution in [3.05, 3.63) is 64.0 Å². The van der Waals surface area contributed by atoms with Gasteiger partial charge in [-0.05, 0) is 37.1 Å². The van der Waals surface area contributed by atoms with Crippen LogP contribution in [0.3, 0.4) is 0 Å². The first-order chi connectivity index (χ1) is 13.1. The first kappa shape index (κ1) is 17.7. The topological polar surface area (TPSA) is 67.3 Å². The zero-order valence-electron chi connectivity index (χ0n) is 14.7. The summed E-state index contributed by atoms with van der Waals surface area (Å²) in [7, 11) is 0. The second-order valence-electron chi connectivity index (χ2n) is 6.65. The number of aromatic nitrogens is 2. The number of carbonyl (C=O) groups is 1. The average molecular weight is 386 g/mol. The summed E-state index contributed by atoms with van der Waals surface area (Å²) in [5.74, 6) is 0.437. The molecule has 6 nitrogen and oxygen atoms in total. The SMILES string of the molecule is O=C(COc1ccccc1Cl)N1CCC(n2c(=O)[nH]c3ccccc32)CC1. The molecule has 1 aliphatic rings. The van der Waals surface area contributed by atoms with E-state index in [-0.39, 0.29) is 24.2 Å². The lowest BCUT2D eigenvalue weighted by molar-refractivity contribution is -0.134. The molecular formula is C20H20ClN3O3. The van der Waals surface area contributed by atoms with Crippen LogP contribution in [0.15, 0.2) is 53.3 Å². The Balaban J connectivity index is 1.38. The summed E-state index contributed by atoms with van der Waals surface area (Å²) in [6.45, 7) is 1.16. The number of likely N-dealkylation sites (tertiary alicyclic amines) is 1. The van der Waals surface area contributed by atoms with Crippen LogP contribution in [-0.4, -0.2) is 40.1 Å². The van der Waals surface area contributed by atoms with Gasteiger partial charge in [0.2, 0.25) is 0 Å². The van der Waals surface area contributed by atoms with Crippen LogP contribution in [0.5, 0.6) is 5.75 Å². The van der Waals surface area contributed by atoms with Crippen LogP contribution in [0.4, 0.5) is 0 Å². The number of nitrogens with one attached hydrogen (secondary N) is 1. The van der Waals surface area contributed by atoms with E-state index < -0.39 is 0 Å². The number of benzene rings is 2. The molecule has 0 atom stereocenters. The van der Waals surface area contributed by atoms with Crippen molar-refractivity contribution in [1.29, 1.82) is 0 Å². The summed E-state index contributed by atoms with van der Waals surface area (Å²) in [5.41, 5.74) is 1.66. The van der Waals surface area contributed by atoms with E-state index in [1.165, 1.54) is 0 Å². The van der Waals surface area contributed by atoms with Gasteiger partial charge in [0.15, 0.2) is 6.61 Å². The molecule has 3 aromatic rings. The standard InChI is InChI=1S/C20H20ClN3O3/c21-15-5-1-4-8-18(15)27-13-19(25)23-11-9-14(10-12-23)24-17-7-3-2-6-16(17)22-20(24)26/h1-8,14H,9-13H2,(H,22,26). The number of rotatable bonds is 4. The molecule has 1 aromatic heterocycles. The molecular weight excluding hydrogens is 366 g/mol. The van der Waals surface area contributed by atoms with Gasteiger partial charge in [-0.2, -0.15) is 0 Å². The molecule has 1 aliphatic heterocycles. The van der Waals surface area contributed by atoms with Crippen LogP contribution in [0.25, 0.3) is 11.0 Å². The van der Waals surface area contributed by atoms with Gasteiger partial charge in [-0.15, -0.1) is 0 Å². The van der Waals surface area contributed by atoms with Crippen molar-refractivity contribution in [2.75, 3.05) is 19.7 Å². The van der Waals surface area contributed by atoms with E-state index in [9.17, 15) is 9.59 Å². The van der Waals surface area contributed by atoms with Gasteiger partial charge in [0.25, 0.3) is 5.91 Å². The van der Waals surface area contributed by atoms with Crippen LogP contribution < -0.4 is 10.4 Å². The number of carbonyl (C=O) groups excluding carboxylic acids is 1. The molecule has 0 unspecified atom stereocenters. The molecule has 0 spiro atoms. The Morgan fingerprint density at radius 2 is 1.81 bits per heavy atom. The van der Waals surface area contributed by atoms with Crippen molar-refractivity contribution >= 4 is 28.5 Å². The van der Waals surface area contributed by atoms with Crippen molar-refractivity contribution in [3.8, 4) is 5.75 Å². The van der Waals surface area contributed by atoms with Crippen LogP contribution >= 0.6 is 11.6 Å². The second kappa shape index (κ2) is 7.48. The first-order valence-electron chi connectivity index (χ1n) is 8.98. The summed E-state index contributed by atoms with van der Waals surface area (Å²) in [4.78, 5) is 29.5. The number of imidazole rings is 1. The number of ether oxygens (including phenoxy) is 1. The van der Waals surface area contributed by atoms with Gasteiger partial charge in [-0.25, -0.2) is 4.79 Å². The Labute approximate surface area is 161 Å². The van der Waals surface area contributed by atoms with E-state index in [0.717, 1.165) is 23.9 Å². The molecule has 0 bridgehead atoms. The number of para-hydroxylation sites is 3. The molecule has 7 heteroatoms. The molecule has 0 aliphatic carbocycles. The van der Waals surface area contributed by atoms with E-state index in [1.807, 2.05) is 41.0 Å². The zero-order chi connectivity index (χ0) is 18.8. The van der Waals surface area contributed by atoms with Gasteiger partial charge in [-0.1, -0.05) is 35.9 Å². The molecule has 140 valence electrons. The minimum atomic E-state index is -0.0944. The van der Waals surface area contributed by atoms with Crippen molar-refractivity contribution in [1.82, 2.24) is 14.5 Å². The average Bonchev–Trinajstić information content (AvgIpc) is 3.03. The van der Waals surface area contributed by atoms with E-state index in [1.54, 1.807) is 17.0 Å². The third kappa shape index (κ3) is 3.57. The fraction of sp³-hybridized carbons (Fsp3) is 0.300. The number of fused-ring (bicyclic) bond motifs is 1. The molecule has 1 N–H and O–H groups in total. The number of piperidine rings is 1. The fourth-order valence-corrected chi connectivity index (χ4v) is 3.79. The lowest BCUT2D eigenvalue weighted by Crippen LogP contribution is -2.42. The van der Waals surface area contributed by atoms with Gasteiger partial charge < -0.3 is 14.6 Å². The van der Waals surface area contributed by atoms with Crippen molar-refractivity contribution in [2.24, 2.45) is 0 Å². The highest BCUT2D eigenvalue weighted by Crippen LogP contribution is 2.26. The van der Waals surface area contributed by atoms with E-state index in [2.05, 4.69) is 4.98 Å². The summed E-state index contributed by atoms with van der Waals surface area (Å²) in [5, 5.41) is 0.489. The van der Waals surface area contributed by atoms with Crippen molar-refractivity contribution < 1.29 is 9.53 Å². The highest BCUT2D eigenvalue weighted by Gasteiger charge is 2.26. The van der Waals surface area contributed by atoms with Crippen LogP contribution in [0.1, 0.15) is 18.9 Å². The lowest BCUT2D eigenvalue weighted by atomic mass is 10.0. The number of halogens is 1. The summed E-state index contributed by atoms with van der Waals surface area (Å²) < 4.78 is 7.36. The first-order valence-corrected chi connectivity index (χ1v) is 9.35. The monoisotopic (exact) mass is 385 g/mol. The number of hydrogen-bond acceptors (Lipinski definition) is 3. The lowest BCUT2D eigenvalue weighted by Gasteiger charge is -2.32. The molecule has 1 saturated heterocycles. The minimum Gasteiger partial charge on any atom is -0.482 e. The maximum Gasteiger partial charge on any atom is 0.326 e. The number of nitrogens with zero attached hydrogens (tertiary/aromatic N) is 2. The van der Waals surface area contributed by atoms with Gasteiger partial charge in [0.1, 0.15) is 5.75 Å². The van der Waals surface area contributed by atoms with E-state index in [4.69, 9.17) is 16.3 Å². The maximum atomic E-state index is 12.4. The maximum absolute atomic E-state index is 12.4. The van der Waals surface area contributed by atoms with Crippen molar-refractivity contribution in [2.45, 2.75) is 18.9 Å². The van der Waals surface area contributed by atoms with E-state index in [0.29, 0.717) is 23.9 Å². The summed E-state index contributed by atoms with van der Waals surface area (Å²) >= 11 is 6.05. The fourth-order valence-electron chi connectivity index (χ4n) is 3.60. The van der Waals surface area contributed by atoms with Gasteiger partial charge in [-0.3, -0.25) is 9.36 Å². The smallest absolute Gasteiger partial charge is 0.326 e. The highest BCUT2D eigenvalue weighted by molar-refractivity contribution is 6.32. The number of hydrogen-bond donors (Lipinski definition) is 1. The molecule has 2 aromatic carbocycles. The van der Waals surface area contributed by atoms with Crippen LogP contribution in [0.2, 0.25) is 5.02 Å². The van der Waals surface area contributed by atoms with Gasteiger partial charge in [0, 0.05) is 19.1 Å². The number of H-pyrrole nitrogens is 1. The number of aromatic amines is 1. The molecule has 1 amide bonds. The predicted octanol–water partition coefficient (Wildman–Crippen LogP) is 3.23. The normalized spacial score (nSPS) is 15.2. The third-order valence-electron chi connectivity index (χ3n) is 4.99. The Morgan fingerprint density at radius 3 is 2.59 bits per heavy atom. The third-order valence-corrected chi connectivity index (χ3v) is 5.31. The van der Waals surface area contributed by atoms with Crippen LogP contribution in [0, 0.1) is 0 Å². The van der Waals surface area contributed by atoms with Gasteiger partial charge >= 0.3 is 5.69 Å². The van der Waals surface area contributed by atoms with E-state index >= 15 is 0 Å². The minimum absolute atomic E-state index is 0.0402. The summed E-state index contributed by atoms with van der Waals surface area (Å²) in [6, 6.07) is 14.9. The Kier molecular flexibility index (Phi) is 4.90. The highest BCUT2D eigenvalue weighted by atomic mass is 35.5. The predicted molar refractivity (Wildman–Crippen MR) is 104 cm³/mol. The summed E-state index contributed by atoms with van der Waals surface area (Å²) in [6.07, 6.45) is 1.47. The van der Waals surface area contributed by atoms with Crippen molar-refractivity contribution in [3.63, 3.8) is 0 Å². The molecule has 27 heavy (non-hydrogen) atoms. The Morgan fingerprint density at radius 1 is 1.11 bits per heavy atom. The number of amides is 1. The molecule has 0 saturated carbocycles. The van der Waals surface area contributed by atoms with Crippen LogP contribution in [-0.2, 0) is 4.79 Å². The second-order valence-corrected chi connectivity index (χ2v) is 7.06. The largest absolute Gasteiger partial charge is 0.482 e. The molecule has 0 radical (unpaired) electrons. The molecule has 4 rings (SSSR count). The Hall–Kier alpha value is -2.73. The quantitative estimate of drug-likeness (QED) is 0.749.